The second-order valence-corrected chi connectivity index (χ2v) is 5.17. The van der Waals surface area contributed by atoms with Crippen LogP contribution in [-0.4, -0.2) is 14.4 Å². The first kappa shape index (κ1) is 14.6. The first-order chi connectivity index (χ1) is 8.04. The summed E-state index contributed by atoms with van der Waals surface area (Å²) in [5.41, 5.74) is 3.38. The summed E-state index contributed by atoms with van der Waals surface area (Å²) >= 11 is 5.48. The highest BCUT2D eigenvalue weighted by molar-refractivity contribution is 7.90. The van der Waals surface area contributed by atoms with Crippen LogP contribution < -0.4 is 10.5 Å². The molecule has 0 aromatic heterocycles. The molecule has 3 N–H and O–H groups in total. The van der Waals surface area contributed by atoms with Crippen LogP contribution in [0.3, 0.4) is 0 Å². The lowest BCUT2D eigenvalue weighted by Gasteiger charge is -2.10. The first-order valence-electron chi connectivity index (χ1n) is 4.23. The third kappa shape index (κ3) is 3.26. The molecule has 0 unspecified atom stereocenters. The van der Waals surface area contributed by atoms with Crippen molar-refractivity contribution in [2.45, 2.75) is 11.1 Å². The monoisotopic (exact) mass is 302 g/mol. The zero-order valence-electron chi connectivity index (χ0n) is 8.45. The predicted molar refractivity (Wildman–Crippen MR) is 56.4 cm³/mol. The van der Waals surface area contributed by atoms with E-state index in [2.05, 4.69) is 5.73 Å². The van der Waals surface area contributed by atoms with Crippen molar-refractivity contribution >= 4 is 27.7 Å². The maximum Gasteiger partial charge on any atom is 0.416 e. The van der Waals surface area contributed by atoms with Crippen LogP contribution in [0.15, 0.2) is 23.1 Å². The summed E-state index contributed by atoms with van der Waals surface area (Å²) in [5, 5.41) is -0.461. The first-order valence-corrected chi connectivity index (χ1v) is 6.09. The Bertz CT molecular complexity index is 586. The minimum absolute atomic E-state index is 0.313. The summed E-state index contributed by atoms with van der Waals surface area (Å²) in [6.07, 6.45) is -4.73. The Hall–Kier alpha value is -1.48. The molecule has 5 nitrogen and oxygen atoms in total. The lowest BCUT2D eigenvalue weighted by atomic mass is 10.2. The Balaban J connectivity index is 3.37. The topological polar surface area (TPSA) is 89.3 Å². The van der Waals surface area contributed by atoms with Gasteiger partial charge >= 0.3 is 12.2 Å². The molecule has 0 bridgehead atoms. The SMILES string of the molecule is NC(=O)NS(=O)(=O)c1cc(C(F)(F)F)ccc1Cl. The molecule has 1 aromatic carbocycles. The third-order valence-corrected chi connectivity index (χ3v) is 3.61. The number of primary amides is 1. The zero-order valence-corrected chi connectivity index (χ0v) is 10.0. The molecule has 1 rings (SSSR count). The minimum Gasteiger partial charge on any atom is -0.351 e. The number of alkyl halides is 3. The molecule has 1 aromatic rings. The zero-order chi connectivity index (χ0) is 14.1. The van der Waals surface area contributed by atoms with Gasteiger partial charge in [0.05, 0.1) is 10.6 Å². The van der Waals surface area contributed by atoms with E-state index >= 15 is 0 Å². The molecule has 0 saturated carbocycles. The number of sulfonamides is 1. The maximum atomic E-state index is 12.4. The number of hydrogen-bond acceptors (Lipinski definition) is 3. The fourth-order valence-electron chi connectivity index (χ4n) is 1.07. The Morgan fingerprint density at radius 2 is 1.89 bits per heavy atom. The van der Waals surface area contributed by atoms with Gasteiger partial charge in [-0.15, -0.1) is 0 Å². The van der Waals surface area contributed by atoms with Crippen molar-refractivity contribution in [3.63, 3.8) is 0 Å². The van der Waals surface area contributed by atoms with Crippen LogP contribution in [0.2, 0.25) is 5.02 Å². The second kappa shape index (κ2) is 4.65. The van der Waals surface area contributed by atoms with Gasteiger partial charge in [0.25, 0.3) is 10.0 Å². The summed E-state index contributed by atoms with van der Waals surface area (Å²) in [6, 6.07) is 0.266. The summed E-state index contributed by atoms with van der Waals surface area (Å²) in [6.45, 7) is 0. The van der Waals surface area contributed by atoms with Crippen LogP contribution in [-0.2, 0) is 16.2 Å². The van der Waals surface area contributed by atoms with Gasteiger partial charge in [0.15, 0.2) is 0 Å². The van der Waals surface area contributed by atoms with Crippen molar-refractivity contribution in [2.75, 3.05) is 0 Å². The van der Waals surface area contributed by atoms with E-state index in [4.69, 9.17) is 11.6 Å². The Morgan fingerprint density at radius 1 is 1.33 bits per heavy atom. The van der Waals surface area contributed by atoms with Gasteiger partial charge in [-0.25, -0.2) is 17.9 Å². The van der Waals surface area contributed by atoms with Crippen molar-refractivity contribution in [1.29, 1.82) is 0 Å². The molecule has 0 atom stereocenters. The standard InChI is InChI=1S/C8H6ClF3N2O3S/c9-5-2-1-4(8(10,11)12)3-6(5)18(16,17)14-7(13)15/h1-3H,(H3,13,14,15). The fraction of sp³-hybridized carbons (Fsp3) is 0.125. The lowest BCUT2D eigenvalue weighted by Crippen LogP contribution is -2.35. The molecule has 0 saturated heterocycles. The van der Waals surface area contributed by atoms with E-state index in [0.29, 0.717) is 12.1 Å². The van der Waals surface area contributed by atoms with Crippen LogP contribution in [0.5, 0.6) is 0 Å². The fourth-order valence-corrected chi connectivity index (χ4v) is 2.48. The number of hydrogen-bond donors (Lipinski definition) is 2. The molecule has 0 heterocycles. The highest BCUT2D eigenvalue weighted by Gasteiger charge is 2.32. The molecule has 0 fully saturated rings. The quantitative estimate of drug-likeness (QED) is 0.871. The molecule has 18 heavy (non-hydrogen) atoms. The van der Waals surface area contributed by atoms with Crippen molar-refractivity contribution in [3.05, 3.63) is 28.8 Å². The number of carbonyl (C=O) groups excluding carboxylic acids is 1. The number of carbonyl (C=O) groups is 1. The van der Waals surface area contributed by atoms with Crippen molar-refractivity contribution < 1.29 is 26.4 Å². The van der Waals surface area contributed by atoms with Crippen molar-refractivity contribution in [1.82, 2.24) is 4.72 Å². The number of benzene rings is 1. The average Bonchev–Trinajstić information content (AvgIpc) is 2.13. The van der Waals surface area contributed by atoms with Crippen LogP contribution in [0.1, 0.15) is 5.56 Å². The molecule has 100 valence electrons. The van der Waals surface area contributed by atoms with E-state index in [1.807, 2.05) is 0 Å². The van der Waals surface area contributed by atoms with Gasteiger partial charge in [0, 0.05) is 0 Å². The van der Waals surface area contributed by atoms with E-state index < -0.39 is 37.7 Å². The summed E-state index contributed by atoms with van der Waals surface area (Å²) in [5.74, 6) is 0. The smallest absolute Gasteiger partial charge is 0.351 e. The third-order valence-electron chi connectivity index (χ3n) is 1.78. The van der Waals surface area contributed by atoms with E-state index in [9.17, 15) is 26.4 Å². The van der Waals surface area contributed by atoms with Gasteiger partial charge in [0.1, 0.15) is 4.90 Å². The molecule has 2 amide bonds. The van der Waals surface area contributed by atoms with E-state index in [1.165, 1.54) is 4.72 Å². The summed E-state index contributed by atoms with van der Waals surface area (Å²) in [7, 11) is -4.53. The molecule has 0 spiro atoms. The molecule has 10 heteroatoms. The molecule has 0 aliphatic rings. The van der Waals surface area contributed by atoms with E-state index in [1.54, 1.807) is 0 Å². The minimum atomic E-state index is -4.73. The molecule has 0 radical (unpaired) electrons. The number of amides is 2. The lowest BCUT2D eigenvalue weighted by molar-refractivity contribution is -0.137. The molecule has 0 aliphatic carbocycles. The number of halogens is 4. The van der Waals surface area contributed by atoms with Gasteiger partial charge < -0.3 is 5.73 Å². The van der Waals surface area contributed by atoms with Gasteiger partial charge in [-0.05, 0) is 18.2 Å². The second-order valence-electron chi connectivity index (χ2n) is 3.11. The predicted octanol–water partition coefficient (Wildman–Crippen LogP) is 1.72. The number of urea groups is 1. The average molecular weight is 303 g/mol. The van der Waals surface area contributed by atoms with Gasteiger partial charge in [0.2, 0.25) is 0 Å². The Labute approximate surface area is 105 Å². The van der Waals surface area contributed by atoms with Crippen molar-refractivity contribution in [2.24, 2.45) is 5.73 Å². The highest BCUT2D eigenvalue weighted by atomic mass is 35.5. The van der Waals surface area contributed by atoms with Crippen LogP contribution in [0, 0.1) is 0 Å². The highest BCUT2D eigenvalue weighted by Crippen LogP contribution is 2.33. The molecular formula is C8H6ClF3N2O3S. The summed E-state index contributed by atoms with van der Waals surface area (Å²) in [4.78, 5) is 9.57. The van der Waals surface area contributed by atoms with Crippen LogP contribution in [0.25, 0.3) is 0 Å². The van der Waals surface area contributed by atoms with Gasteiger partial charge in [-0.2, -0.15) is 13.2 Å². The molecular weight excluding hydrogens is 297 g/mol. The van der Waals surface area contributed by atoms with E-state index in [-0.39, 0.29) is 0 Å². The largest absolute Gasteiger partial charge is 0.416 e. The number of rotatable bonds is 2. The van der Waals surface area contributed by atoms with Crippen LogP contribution in [0.4, 0.5) is 18.0 Å². The van der Waals surface area contributed by atoms with Crippen molar-refractivity contribution in [3.8, 4) is 0 Å². The van der Waals surface area contributed by atoms with Crippen LogP contribution >= 0.6 is 11.6 Å². The Morgan fingerprint density at radius 3 is 2.33 bits per heavy atom. The maximum absolute atomic E-state index is 12.4. The summed E-state index contributed by atoms with van der Waals surface area (Å²) < 4.78 is 61.5. The molecule has 0 aliphatic heterocycles. The van der Waals surface area contributed by atoms with Gasteiger partial charge in [-0.1, -0.05) is 11.6 Å². The number of nitrogens with one attached hydrogen (secondary N) is 1. The van der Waals surface area contributed by atoms with E-state index in [0.717, 1.165) is 6.07 Å². The number of nitrogens with two attached hydrogens (primary N) is 1. The van der Waals surface area contributed by atoms with Gasteiger partial charge in [-0.3, -0.25) is 0 Å². The Kier molecular flexibility index (Phi) is 3.77. The normalized spacial score (nSPS) is 12.2.